The van der Waals surface area contributed by atoms with E-state index in [-0.39, 0.29) is 6.61 Å². The average molecular weight is 255 g/mol. The maximum atomic E-state index is 10.9. The molecule has 1 heterocycles. The lowest BCUT2D eigenvalue weighted by atomic mass is 10.2. The maximum absolute atomic E-state index is 10.9. The van der Waals surface area contributed by atoms with Crippen LogP contribution in [0.4, 0.5) is 0 Å². The number of ether oxygens (including phenoxy) is 1. The van der Waals surface area contributed by atoms with E-state index in [2.05, 4.69) is 11.4 Å². The summed E-state index contributed by atoms with van der Waals surface area (Å²) in [5.41, 5.74) is 1.45. The number of aliphatic carboxylic acids is 1. The van der Waals surface area contributed by atoms with Gasteiger partial charge in [0.05, 0.1) is 6.61 Å². The summed E-state index contributed by atoms with van der Waals surface area (Å²) in [7, 11) is 1.51. The van der Waals surface area contributed by atoms with Crippen LogP contribution in [0, 0.1) is 0 Å². The molecule has 1 aromatic rings. The zero-order chi connectivity index (χ0) is 12.3. The summed E-state index contributed by atoms with van der Waals surface area (Å²) in [4.78, 5) is 13.6. The molecule has 1 unspecified atom stereocenters. The molecule has 0 saturated carbocycles. The fourth-order valence-electron chi connectivity index (χ4n) is 2.09. The Kier molecular flexibility index (Phi) is 4.15. The molecule has 2 N–H and O–H groups in total. The number of carboxylic acid groups (broad SMARTS) is 1. The SMILES string of the molecule is COCC(NCc1cc2c(s1)CCC2)C(=O)O. The number of carboxylic acids is 1. The van der Waals surface area contributed by atoms with Crippen LogP contribution in [0.1, 0.15) is 21.7 Å². The molecule has 0 amide bonds. The summed E-state index contributed by atoms with van der Waals surface area (Å²) in [6.07, 6.45) is 3.61. The molecule has 0 bridgehead atoms. The number of hydrogen-bond acceptors (Lipinski definition) is 4. The zero-order valence-corrected chi connectivity index (χ0v) is 10.7. The molecule has 0 fully saturated rings. The van der Waals surface area contributed by atoms with Crippen molar-refractivity contribution in [2.24, 2.45) is 0 Å². The summed E-state index contributed by atoms with van der Waals surface area (Å²) in [6.45, 7) is 0.804. The van der Waals surface area contributed by atoms with Crippen molar-refractivity contribution in [3.8, 4) is 0 Å². The van der Waals surface area contributed by atoms with E-state index >= 15 is 0 Å². The van der Waals surface area contributed by atoms with Gasteiger partial charge in [0.1, 0.15) is 6.04 Å². The molecule has 1 aliphatic carbocycles. The van der Waals surface area contributed by atoms with Gasteiger partial charge in [-0.05, 0) is 30.9 Å². The molecule has 94 valence electrons. The highest BCUT2D eigenvalue weighted by atomic mass is 32.1. The van der Waals surface area contributed by atoms with E-state index in [1.54, 1.807) is 11.3 Å². The lowest BCUT2D eigenvalue weighted by Crippen LogP contribution is -2.39. The van der Waals surface area contributed by atoms with Crippen molar-refractivity contribution >= 4 is 17.3 Å². The number of rotatable bonds is 6. The normalized spacial score (nSPS) is 15.8. The molecule has 17 heavy (non-hydrogen) atoms. The highest BCUT2D eigenvalue weighted by Gasteiger charge is 2.18. The lowest BCUT2D eigenvalue weighted by Gasteiger charge is -2.12. The van der Waals surface area contributed by atoms with Gasteiger partial charge in [-0.25, -0.2) is 0 Å². The second kappa shape index (κ2) is 5.62. The number of methoxy groups -OCH3 is 1. The first-order valence-corrected chi connectivity index (χ1v) is 6.58. The summed E-state index contributed by atoms with van der Waals surface area (Å²) in [5, 5.41) is 12.0. The molecule has 0 radical (unpaired) electrons. The minimum Gasteiger partial charge on any atom is -0.480 e. The number of carbonyl (C=O) groups is 1. The smallest absolute Gasteiger partial charge is 0.323 e. The first-order chi connectivity index (χ1) is 8.20. The molecule has 0 aliphatic heterocycles. The Morgan fingerprint density at radius 3 is 3.12 bits per heavy atom. The number of aryl methyl sites for hydroxylation is 2. The van der Waals surface area contributed by atoms with Crippen molar-refractivity contribution in [1.82, 2.24) is 5.32 Å². The average Bonchev–Trinajstić information content (AvgIpc) is 2.83. The third-order valence-corrected chi connectivity index (χ3v) is 4.19. The Balaban J connectivity index is 1.89. The quantitative estimate of drug-likeness (QED) is 0.807. The molecule has 4 nitrogen and oxygen atoms in total. The number of nitrogens with one attached hydrogen (secondary N) is 1. The maximum Gasteiger partial charge on any atom is 0.323 e. The van der Waals surface area contributed by atoms with Crippen LogP contribution < -0.4 is 5.32 Å². The molecule has 0 aromatic carbocycles. The van der Waals surface area contributed by atoms with Crippen LogP contribution in [0.15, 0.2) is 6.07 Å². The second-order valence-corrected chi connectivity index (χ2v) is 5.46. The number of fused-ring (bicyclic) bond motifs is 1. The third kappa shape index (κ3) is 3.06. The van der Waals surface area contributed by atoms with E-state index in [0.717, 1.165) is 0 Å². The highest BCUT2D eigenvalue weighted by Crippen LogP contribution is 2.30. The van der Waals surface area contributed by atoms with Gasteiger partial charge in [-0.1, -0.05) is 0 Å². The summed E-state index contributed by atoms with van der Waals surface area (Å²) < 4.78 is 4.88. The van der Waals surface area contributed by atoms with Crippen molar-refractivity contribution < 1.29 is 14.6 Å². The van der Waals surface area contributed by atoms with Crippen molar-refractivity contribution in [2.45, 2.75) is 31.8 Å². The predicted octanol–water partition coefficient (Wildman–Crippen LogP) is 1.43. The van der Waals surface area contributed by atoms with Gasteiger partial charge < -0.3 is 9.84 Å². The Bertz CT molecular complexity index is 381. The lowest BCUT2D eigenvalue weighted by molar-refractivity contribution is -0.140. The molecule has 1 aliphatic rings. The molecule has 1 aromatic heterocycles. The van der Waals surface area contributed by atoms with Crippen molar-refractivity contribution in [3.05, 3.63) is 21.4 Å². The number of hydrogen-bond donors (Lipinski definition) is 2. The minimum absolute atomic E-state index is 0.195. The van der Waals surface area contributed by atoms with Crippen LogP contribution in [0.2, 0.25) is 0 Å². The minimum atomic E-state index is -0.865. The molecule has 0 spiro atoms. The van der Waals surface area contributed by atoms with E-state index in [1.807, 2.05) is 0 Å². The van der Waals surface area contributed by atoms with Crippen molar-refractivity contribution in [1.29, 1.82) is 0 Å². The zero-order valence-electron chi connectivity index (χ0n) is 9.86. The molecular formula is C12H17NO3S. The molecule has 0 saturated heterocycles. The largest absolute Gasteiger partial charge is 0.480 e. The van der Waals surface area contributed by atoms with Crippen LogP contribution in [0.25, 0.3) is 0 Å². The first kappa shape index (κ1) is 12.5. The predicted molar refractivity (Wildman–Crippen MR) is 66.5 cm³/mol. The van der Waals surface area contributed by atoms with Gasteiger partial charge in [-0.3, -0.25) is 10.1 Å². The Labute approximate surface area is 105 Å². The van der Waals surface area contributed by atoms with Crippen LogP contribution >= 0.6 is 11.3 Å². The van der Waals surface area contributed by atoms with Gasteiger partial charge in [0.25, 0.3) is 0 Å². The van der Waals surface area contributed by atoms with Gasteiger partial charge >= 0.3 is 5.97 Å². The Hall–Kier alpha value is -0.910. The molecular weight excluding hydrogens is 238 g/mol. The van der Waals surface area contributed by atoms with Gasteiger partial charge in [0, 0.05) is 23.4 Å². The first-order valence-electron chi connectivity index (χ1n) is 5.76. The standard InChI is InChI=1S/C12H17NO3S/c1-16-7-10(12(14)15)13-6-9-5-8-3-2-4-11(8)17-9/h5,10,13H,2-4,6-7H2,1H3,(H,14,15). The van der Waals surface area contributed by atoms with Gasteiger partial charge in [0.15, 0.2) is 0 Å². The second-order valence-electron chi connectivity index (χ2n) is 4.24. The van der Waals surface area contributed by atoms with E-state index in [1.165, 1.54) is 41.7 Å². The molecule has 2 rings (SSSR count). The fraction of sp³-hybridized carbons (Fsp3) is 0.583. The topological polar surface area (TPSA) is 58.6 Å². The summed E-state index contributed by atoms with van der Waals surface area (Å²) in [5.74, 6) is -0.865. The Morgan fingerprint density at radius 2 is 2.47 bits per heavy atom. The van der Waals surface area contributed by atoms with E-state index in [0.29, 0.717) is 6.54 Å². The third-order valence-electron chi connectivity index (χ3n) is 2.95. The fourth-order valence-corrected chi connectivity index (χ4v) is 3.30. The van der Waals surface area contributed by atoms with Crippen LogP contribution in [0.3, 0.4) is 0 Å². The van der Waals surface area contributed by atoms with Crippen molar-refractivity contribution in [2.75, 3.05) is 13.7 Å². The van der Waals surface area contributed by atoms with Crippen LogP contribution in [-0.2, 0) is 28.9 Å². The van der Waals surface area contributed by atoms with E-state index in [4.69, 9.17) is 9.84 Å². The summed E-state index contributed by atoms with van der Waals surface area (Å²) >= 11 is 1.80. The molecule has 1 atom stereocenters. The number of thiophene rings is 1. The van der Waals surface area contributed by atoms with Gasteiger partial charge in [0.2, 0.25) is 0 Å². The van der Waals surface area contributed by atoms with E-state index in [9.17, 15) is 4.79 Å². The van der Waals surface area contributed by atoms with Crippen LogP contribution in [-0.4, -0.2) is 30.8 Å². The highest BCUT2D eigenvalue weighted by molar-refractivity contribution is 7.12. The van der Waals surface area contributed by atoms with Gasteiger partial charge in [-0.2, -0.15) is 0 Å². The van der Waals surface area contributed by atoms with E-state index < -0.39 is 12.0 Å². The van der Waals surface area contributed by atoms with Crippen LogP contribution in [0.5, 0.6) is 0 Å². The molecule has 5 heteroatoms. The van der Waals surface area contributed by atoms with Crippen molar-refractivity contribution in [3.63, 3.8) is 0 Å². The monoisotopic (exact) mass is 255 g/mol. The van der Waals surface area contributed by atoms with Gasteiger partial charge in [-0.15, -0.1) is 11.3 Å². The summed E-state index contributed by atoms with van der Waals surface area (Å²) in [6, 6.07) is 1.57. The Morgan fingerprint density at radius 1 is 1.65 bits per heavy atom.